The lowest BCUT2D eigenvalue weighted by atomic mass is 10.3. The van der Waals surface area contributed by atoms with E-state index in [4.69, 9.17) is 9.47 Å². The van der Waals surface area contributed by atoms with E-state index in [1.54, 1.807) is 24.3 Å². The maximum absolute atomic E-state index is 12.9. The lowest BCUT2D eigenvalue weighted by Crippen LogP contribution is -2.20. The number of amides is 1. The Morgan fingerprint density at radius 3 is 2.30 bits per heavy atom. The van der Waals surface area contributed by atoms with Crippen LogP contribution in [0.2, 0.25) is 0 Å². The molecule has 2 N–H and O–H groups in total. The third-order valence-corrected chi connectivity index (χ3v) is 5.35. The Morgan fingerprint density at radius 1 is 0.933 bits per heavy atom. The molecule has 0 saturated heterocycles. The number of anilines is 2. The van der Waals surface area contributed by atoms with Crippen molar-refractivity contribution in [1.82, 2.24) is 0 Å². The number of hydrogen-bond donors (Lipinski definition) is 2. The molecule has 3 aromatic carbocycles. The van der Waals surface area contributed by atoms with Crippen molar-refractivity contribution in [2.24, 2.45) is 0 Å². The van der Waals surface area contributed by atoms with E-state index < -0.39 is 21.7 Å². The molecule has 9 heteroatoms. The largest absolute Gasteiger partial charge is 0.497 e. The minimum absolute atomic E-state index is 0.0356. The van der Waals surface area contributed by atoms with Gasteiger partial charge in [0.1, 0.15) is 17.3 Å². The molecule has 0 aromatic heterocycles. The third kappa shape index (κ3) is 5.71. The van der Waals surface area contributed by atoms with Crippen LogP contribution in [0.1, 0.15) is 0 Å². The van der Waals surface area contributed by atoms with Crippen molar-refractivity contribution in [3.63, 3.8) is 0 Å². The SMILES string of the molecule is COc1cccc(NS(=O)(=O)c2ccc(OCC(=O)Nc3ccc(F)cc3)cc2)c1. The number of carbonyl (C=O) groups excluding carboxylic acids is 1. The molecule has 0 aliphatic rings. The quantitative estimate of drug-likeness (QED) is 0.569. The maximum Gasteiger partial charge on any atom is 0.262 e. The van der Waals surface area contributed by atoms with Gasteiger partial charge in [0.05, 0.1) is 17.7 Å². The zero-order valence-electron chi connectivity index (χ0n) is 16.0. The van der Waals surface area contributed by atoms with Gasteiger partial charge in [0.15, 0.2) is 6.61 Å². The van der Waals surface area contributed by atoms with Crippen LogP contribution in [0.4, 0.5) is 15.8 Å². The van der Waals surface area contributed by atoms with Crippen molar-refractivity contribution in [3.8, 4) is 11.5 Å². The number of nitrogens with one attached hydrogen (secondary N) is 2. The van der Waals surface area contributed by atoms with Gasteiger partial charge in [-0.2, -0.15) is 0 Å². The first-order valence-corrected chi connectivity index (χ1v) is 10.3. The Bertz CT molecular complexity index is 1120. The summed E-state index contributed by atoms with van der Waals surface area (Å²) in [4.78, 5) is 11.9. The number of methoxy groups -OCH3 is 1. The Kier molecular flexibility index (Phi) is 6.53. The molecule has 1 amide bonds. The Morgan fingerprint density at radius 2 is 1.63 bits per heavy atom. The molecule has 0 unspecified atom stereocenters. The van der Waals surface area contributed by atoms with Gasteiger partial charge in [-0.25, -0.2) is 12.8 Å². The van der Waals surface area contributed by atoms with Gasteiger partial charge in [-0.15, -0.1) is 0 Å². The molecule has 0 fully saturated rings. The second kappa shape index (κ2) is 9.27. The maximum atomic E-state index is 12.9. The minimum Gasteiger partial charge on any atom is -0.497 e. The van der Waals surface area contributed by atoms with E-state index in [-0.39, 0.29) is 11.5 Å². The van der Waals surface area contributed by atoms with Crippen LogP contribution in [0, 0.1) is 5.82 Å². The van der Waals surface area contributed by atoms with Crippen molar-refractivity contribution in [3.05, 3.63) is 78.6 Å². The van der Waals surface area contributed by atoms with Crippen LogP contribution >= 0.6 is 0 Å². The minimum atomic E-state index is -3.80. The van der Waals surface area contributed by atoms with Crippen molar-refractivity contribution in [2.75, 3.05) is 23.8 Å². The van der Waals surface area contributed by atoms with E-state index in [0.29, 0.717) is 22.9 Å². The average Bonchev–Trinajstić information content (AvgIpc) is 2.74. The standard InChI is InChI=1S/C21H19FN2O5S/c1-28-19-4-2-3-17(13-19)24-30(26,27)20-11-9-18(10-12-20)29-14-21(25)23-16-7-5-15(22)6-8-16/h2-13,24H,14H2,1H3,(H,23,25). The molecule has 0 radical (unpaired) electrons. The molecule has 0 saturated carbocycles. The topological polar surface area (TPSA) is 93.7 Å². The number of hydrogen-bond acceptors (Lipinski definition) is 5. The number of rotatable bonds is 8. The normalized spacial score (nSPS) is 10.9. The molecule has 30 heavy (non-hydrogen) atoms. The highest BCUT2D eigenvalue weighted by molar-refractivity contribution is 7.92. The molecule has 3 aromatic rings. The van der Waals surface area contributed by atoms with Gasteiger partial charge < -0.3 is 14.8 Å². The van der Waals surface area contributed by atoms with E-state index in [1.807, 2.05) is 0 Å². The number of halogens is 1. The van der Waals surface area contributed by atoms with Crippen LogP contribution in [-0.4, -0.2) is 28.0 Å². The lowest BCUT2D eigenvalue weighted by molar-refractivity contribution is -0.118. The summed E-state index contributed by atoms with van der Waals surface area (Å²) in [6, 6.07) is 17.5. The number of carbonyl (C=O) groups is 1. The van der Waals surface area contributed by atoms with E-state index in [1.165, 1.54) is 55.6 Å². The van der Waals surface area contributed by atoms with E-state index in [0.717, 1.165) is 0 Å². The predicted octanol–water partition coefficient (Wildman–Crippen LogP) is 3.65. The first-order valence-electron chi connectivity index (χ1n) is 8.81. The summed E-state index contributed by atoms with van der Waals surface area (Å²) >= 11 is 0. The number of ether oxygens (including phenoxy) is 2. The summed E-state index contributed by atoms with van der Waals surface area (Å²) in [5.41, 5.74) is 0.808. The molecule has 7 nitrogen and oxygen atoms in total. The summed E-state index contributed by atoms with van der Waals surface area (Å²) in [6.45, 7) is -0.286. The molecule has 0 heterocycles. The highest BCUT2D eigenvalue weighted by Crippen LogP contribution is 2.22. The Labute approximate surface area is 173 Å². The molecular formula is C21H19FN2O5S. The first-order chi connectivity index (χ1) is 14.4. The van der Waals surface area contributed by atoms with Crippen LogP contribution in [0.15, 0.2) is 77.7 Å². The summed E-state index contributed by atoms with van der Waals surface area (Å²) in [5.74, 6) is 0.0145. The van der Waals surface area contributed by atoms with Gasteiger partial charge in [-0.3, -0.25) is 9.52 Å². The number of sulfonamides is 1. The monoisotopic (exact) mass is 430 g/mol. The fourth-order valence-corrected chi connectivity index (χ4v) is 3.54. The van der Waals surface area contributed by atoms with Crippen LogP contribution in [0.25, 0.3) is 0 Å². The van der Waals surface area contributed by atoms with E-state index in [2.05, 4.69) is 10.0 Å². The van der Waals surface area contributed by atoms with Gasteiger partial charge in [0.25, 0.3) is 15.9 Å². The average molecular weight is 430 g/mol. The molecule has 0 spiro atoms. The summed E-state index contributed by atoms with van der Waals surface area (Å²) < 4.78 is 50.8. The second-order valence-electron chi connectivity index (χ2n) is 6.15. The fourth-order valence-electron chi connectivity index (χ4n) is 2.49. The third-order valence-electron chi connectivity index (χ3n) is 3.95. The predicted molar refractivity (Wildman–Crippen MR) is 111 cm³/mol. The Hall–Kier alpha value is -3.59. The Balaban J connectivity index is 1.58. The van der Waals surface area contributed by atoms with Gasteiger partial charge >= 0.3 is 0 Å². The summed E-state index contributed by atoms with van der Waals surface area (Å²) in [6.07, 6.45) is 0. The highest BCUT2D eigenvalue weighted by Gasteiger charge is 2.15. The van der Waals surface area contributed by atoms with Crippen LogP contribution in [0.5, 0.6) is 11.5 Å². The van der Waals surface area contributed by atoms with E-state index in [9.17, 15) is 17.6 Å². The van der Waals surface area contributed by atoms with Crippen molar-refractivity contribution in [2.45, 2.75) is 4.90 Å². The molecule has 0 atom stereocenters. The molecule has 0 aliphatic heterocycles. The van der Waals surface area contributed by atoms with Crippen LogP contribution in [-0.2, 0) is 14.8 Å². The van der Waals surface area contributed by atoms with Crippen molar-refractivity contribution >= 4 is 27.3 Å². The van der Waals surface area contributed by atoms with E-state index >= 15 is 0 Å². The van der Waals surface area contributed by atoms with Gasteiger partial charge in [-0.1, -0.05) is 6.07 Å². The van der Waals surface area contributed by atoms with Crippen molar-refractivity contribution < 1.29 is 27.1 Å². The highest BCUT2D eigenvalue weighted by atomic mass is 32.2. The zero-order valence-corrected chi connectivity index (χ0v) is 16.8. The fraction of sp³-hybridized carbons (Fsp3) is 0.0952. The second-order valence-corrected chi connectivity index (χ2v) is 7.84. The summed E-state index contributed by atoms with van der Waals surface area (Å²) in [7, 11) is -2.31. The molecule has 3 rings (SSSR count). The molecular weight excluding hydrogens is 411 g/mol. The zero-order chi connectivity index (χ0) is 21.6. The van der Waals surface area contributed by atoms with Gasteiger partial charge in [0.2, 0.25) is 0 Å². The first kappa shape index (κ1) is 21.1. The van der Waals surface area contributed by atoms with Gasteiger partial charge in [-0.05, 0) is 60.7 Å². The van der Waals surface area contributed by atoms with Gasteiger partial charge in [0, 0.05) is 11.8 Å². The number of benzene rings is 3. The molecule has 0 bridgehead atoms. The van der Waals surface area contributed by atoms with Crippen LogP contribution < -0.4 is 19.5 Å². The summed E-state index contributed by atoms with van der Waals surface area (Å²) in [5, 5.41) is 2.56. The van der Waals surface area contributed by atoms with Crippen molar-refractivity contribution in [1.29, 1.82) is 0 Å². The smallest absolute Gasteiger partial charge is 0.262 e. The molecule has 0 aliphatic carbocycles. The molecule has 156 valence electrons. The lowest BCUT2D eigenvalue weighted by Gasteiger charge is -2.11. The van der Waals surface area contributed by atoms with Crippen LogP contribution in [0.3, 0.4) is 0 Å².